The highest BCUT2D eigenvalue weighted by Gasteiger charge is 2.22. The molecular weight excluding hydrogens is 541 g/mol. The van der Waals surface area contributed by atoms with Crippen LogP contribution in [0, 0.1) is 5.82 Å². The van der Waals surface area contributed by atoms with Crippen LogP contribution in [-0.2, 0) is 0 Å². The number of hydrogen-bond donors (Lipinski definition) is 0. The Bertz CT molecular complexity index is 1580. The molecule has 5 aromatic rings. The van der Waals surface area contributed by atoms with Crippen LogP contribution < -0.4 is 5.01 Å². The summed E-state index contributed by atoms with van der Waals surface area (Å²) in [5, 5.41) is 5.92. The number of hydrogen-bond acceptors (Lipinski definition) is 5. The van der Waals surface area contributed by atoms with Gasteiger partial charge in [0.2, 0.25) is 5.13 Å². The fraction of sp³-hybridized carbons (Fsp3) is 0. The average molecular weight is 558 g/mol. The van der Waals surface area contributed by atoms with Gasteiger partial charge in [0.1, 0.15) is 5.82 Å². The summed E-state index contributed by atoms with van der Waals surface area (Å²) in [6.45, 7) is 0. The standard InChI is InChI=1S/C28H17BrFN3O2S/c29-22-12-6-18(7-13-22)17-31-33(28-32-24-15-14-23(30)16-25(24)36-28)27(35)21-10-8-20(9-11-21)26(34)19-4-2-1-3-5-19/h1-17H/b31-17+. The molecule has 0 radical (unpaired) electrons. The molecule has 0 N–H and O–H groups in total. The van der Waals surface area contributed by atoms with Gasteiger partial charge < -0.3 is 0 Å². The van der Waals surface area contributed by atoms with Gasteiger partial charge in [0.25, 0.3) is 5.91 Å². The number of thiazole rings is 1. The zero-order valence-electron chi connectivity index (χ0n) is 18.6. The second-order valence-corrected chi connectivity index (χ2v) is 9.72. The number of hydrazone groups is 1. The van der Waals surface area contributed by atoms with Crippen LogP contribution in [0.1, 0.15) is 31.8 Å². The number of aromatic nitrogens is 1. The smallest absolute Gasteiger partial charge is 0.280 e. The first-order valence-corrected chi connectivity index (χ1v) is 12.5. The molecule has 0 atom stereocenters. The summed E-state index contributed by atoms with van der Waals surface area (Å²) in [6.07, 6.45) is 1.56. The molecule has 0 bridgehead atoms. The molecule has 0 fully saturated rings. The molecular formula is C28H17BrFN3O2S. The van der Waals surface area contributed by atoms with Crippen molar-refractivity contribution in [3.8, 4) is 0 Å². The molecule has 1 amide bonds. The van der Waals surface area contributed by atoms with Gasteiger partial charge in [-0.15, -0.1) is 0 Å². The molecule has 36 heavy (non-hydrogen) atoms. The number of fused-ring (bicyclic) bond motifs is 1. The molecule has 0 saturated carbocycles. The number of ketones is 1. The number of anilines is 1. The highest BCUT2D eigenvalue weighted by atomic mass is 79.9. The van der Waals surface area contributed by atoms with E-state index in [9.17, 15) is 14.0 Å². The predicted molar refractivity (Wildman–Crippen MR) is 144 cm³/mol. The number of benzene rings is 4. The lowest BCUT2D eigenvalue weighted by atomic mass is 10.0. The Kier molecular flexibility index (Phi) is 6.79. The normalized spacial score (nSPS) is 11.2. The lowest BCUT2D eigenvalue weighted by molar-refractivity contribution is 0.0985. The monoisotopic (exact) mass is 557 g/mol. The first kappa shape index (κ1) is 23.7. The summed E-state index contributed by atoms with van der Waals surface area (Å²) < 4.78 is 15.3. The molecule has 0 aliphatic carbocycles. The second-order valence-electron chi connectivity index (χ2n) is 7.79. The van der Waals surface area contributed by atoms with Crippen molar-refractivity contribution in [3.63, 3.8) is 0 Å². The number of rotatable bonds is 6. The fourth-order valence-corrected chi connectivity index (χ4v) is 4.69. The van der Waals surface area contributed by atoms with Gasteiger partial charge in [-0.25, -0.2) is 9.37 Å². The van der Waals surface area contributed by atoms with Gasteiger partial charge in [-0.3, -0.25) is 9.59 Å². The van der Waals surface area contributed by atoms with Crippen LogP contribution in [0.25, 0.3) is 10.2 Å². The zero-order valence-corrected chi connectivity index (χ0v) is 21.0. The Hall–Kier alpha value is -4.01. The topological polar surface area (TPSA) is 62.6 Å². The minimum Gasteiger partial charge on any atom is -0.289 e. The number of carbonyl (C=O) groups is 2. The Morgan fingerprint density at radius 2 is 1.53 bits per heavy atom. The summed E-state index contributed by atoms with van der Waals surface area (Å²) in [6, 6.07) is 27.1. The van der Waals surface area contributed by atoms with E-state index in [2.05, 4.69) is 26.0 Å². The molecule has 1 heterocycles. The van der Waals surface area contributed by atoms with E-state index in [-0.39, 0.29) is 11.6 Å². The lowest BCUT2D eigenvalue weighted by Gasteiger charge is -2.14. The van der Waals surface area contributed by atoms with E-state index in [0.29, 0.717) is 32.0 Å². The molecule has 1 aromatic heterocycles. The van der Waals surface area contributed by atoms with E-state index in [0.717, 1.165) is 21.4 Å². The van der Waals surface area contributed by atoms with E-state index >= 15 is 0 Å². The Morgan fingerprint density at radius 1 is 0.861 bits per heavy atom. The molecule has 0 aliphatic heterocycles. The first-order valence-electron chi connectivity index (χ1n) is 10.9. The molecule has 0 spiro atoms. The Balaban J connectivity index is 1.48. The van der Waals surface area contributed by atoms with Crippen LogP contribution >= 0.6 is 27.3 Å². The molecule has 4 aromatic carbocycles. The maximum atomic E-state index is 13.7. The minimum absolute atomic E-state index is 0.132. The number of carbonyl (C=O) groups excluding carboxylic acids is 2. The lowest BCUT2D eigenvalue weighted by Crippen LogP contribution is -2.25. The third-order valence-corrected chi connectivity index (χ3v) is 6.86. The molecule has 5 rings (SSSR count). The van der Waals surface area contributed by atoms with Gasteiger partial charge in [-0.05, 0) is 48.0 Å². The minimum atomic E-state index is -0.429. The molecule has 176 valence electrons. The van der Waals surface area contributed by atoms with E-state index in [1.165, 1.54) is 17.1 Å². The summed E-state index contributed by atoms with van der Waals surface area (Å²) in [7, 11) is 0. The zero-order chi connectivity index (χ0) is 25.1. The van der Waals surface area contributed by atoms with Crippen LogP contribution in [-0.4, -0.2) is 22.9 Å². The van der Waals surface area contributed by atoms with Crippen molar-refractivity contribution in [2.45, 2.75) is 0 Å². The van der Waals surface area contributed by atoms with Crippen molar-refractivity contribution >= 4 is 60.5 Å². The van der Waals surface area contributed by atoms with Crippen molar-refractivity contribution in [3.05, 3.63) is 130 Å². The number of nitrogens with zero attached hydrogens (tertiary/aromatic N) is 3. The maximum Gasteiger partial charge on any atom is 0.280 e. The van der Waals surface area contributed by atoms with Gasteiger partial charge in [-0.1, -0.05) is 81.9 Å². The highest BCUT2D eigenvalue weighted by Crippen LogP contribution is 2.30. The van der Waals surface area contributed by atoms with Crippen LogP contribution in [0.2, 0.25) is 0 Å². The van der Waals surface area contributed by atoms with Crippen LogP contribution in [0.4, 0.5) is 9.52 Å². The summed E-state index contributed by atoms with van der Waals surface area (Å²) in [4.78, 5) is 30.8. The van der Waals surface area contributed by atoms with Crippen LogP contribution in [0.15, 0.2) is 107 Å². The van der Waals surface area contributed by atoms with Crippen molar-refractivity contribution in [1.82, 2.24) is 4.98 Å². The van der Waals surface area contributed by atoms with Crippen molar-refractivity contribution < 1.29 is 14.0 Å². The third-order valence-electron chi connectivity index (χ3n) is 5.34. The van der Waals surface area contributed by atoms with Gasteiger partial charge >= 0.3 is 0 Å². The summed E-state index contributed by atoms with van der Waals surface area (Å²) >= 11 is 4.56. The van der Waals surface area contributed by atoms with Crippen LogP contribution in [0.5, 0.6) is 0 Å². The Labute approximate surface area is 218 Å². The molecule has 5 nitrogen and oxygen atoms in total. The van der Waals surface area contributed by atoms with Gasteiger partial charge in [0.05, 0.1) is 16.4 Å². The number of halogens is 2. The van der Waals surface area contributed by atoms with Gasteiger partial charge in [0, 0.05) is 21.2 Å². The molecule has 0 saturated heterocycles. The van der Waals surface area contributed by atoms with E-state index in [4.69, 9.17) is 0 Å². The number of amides is 1. The fourth-order valence-electron chi connectivity index (χ4n) is 3.48. The first-order chi connectivity index (χ1) is 17.5. The quantitative estimate of drug-likeness (QED) is 0.127. The van der Waals surface area contributed by atoms with E-state index < -0.39 is 5.91 Å². The van der Waals surface area contributed by atoms with Crippen molar-refractivity contribution in [1.29, 1.82) is 0 Å². The van der Waals surface area contributed by atoms with Crippen LogP contribution in [0.3, 0.4) is 0 Å². The van der Waals surface area contributed by atoms with E-state index in [1.807, 2.05) is 30.3 Å². The largest absolute Gasteiger partial charge is 0.289 e. The predicted octanol–water partition coefficient (Wildman–Crippen LogP) is 7.11. The summed E-state index contributed by atoms with van der Waals surface area (Å²) in [5.74, 6) is -0.942. The van der Waals surface area contributed by atoms with Crippen molar-refractivity contribution in [2.75, 3.05) is 5.01 Å². The SMILES string of the molecule is O=C(c1ccccc1)c1ccc(C(=O)N(/N=C/c2ccc(Br)cc2)c2nc3ccc(F)cc3s2)cc1. The molecule has 8 heteroatoms. The van der Waals surface area contributed by atoms with Gasteiger partial charge in [0.15, 0.2) is 5.78 Å². The van der Waals surface area contributed by atoms with Crippen molar-refractivity contribution in [2.24, 2.45) is 5.10 Å². The molecule has 0 aliphatic rings. The highest BCUT2D eigenvalue weighted by molar-refractivity contribution is 9.10. The third kappa shape index (κ3) is 5.15. The Morgan fingerprint density at radius 3 is 2.25 bits per heavy atom. The maximum absolute atomic E-state index is 13.7. The second kappa shape index (κ2) is 10.3. The molecule has 0 unspecified atom stereocenters. The van der Waals surface area contributed by atoms with E-state index in [1.54, 1.807) is 60.8 Å². The van der Waals surface area contributed by atoms with Gasteiger partial charge in [-0.2, -0.15) is 10.1 Å². The average Bonchev–Trinajstić information content (AvgIpc) is 3.32. The summed E-state index contributed by atoms with van der Waals surface area (Å²) in [5.41, 5.74) is 2.72.